The predicted molar refractivity (Wildman–Crippen MR) is 105 cm³/mol. The molecule has 0 N–H and O–H groups in total. The van der Waals surface area contributed by atoms with Crippen molar-refractivity contribution in [2.75, 3.05) is 13.6 Å². The molecule has 1 amide bonds. The summed E-state index contributed by atoms with van der Waals surface area (Å²) in [5.41, 5.74) is 2.25. The smallest absolute Gasteiger partial charge is 0.264 e. The average Bonchev–Trinajstić information content (AvgIpc) is 3.10. The summed E-state index contributed by atoms with van der Waals surface area (Å²) in [5.74, 6) is 0.413. The van der Waals surface area contributed by atoms with Crippen LogP contribution in [0.4, 0.5) is 0 Å². The van der Waals surface area contributed by atoms with Crippen molar-refractivity contribution in [1.29, 1.82) is 5.26 Å². The Kier molecular flexibility index (Phi) is 5.54. The van der Waals surface area contributed by atoms with Gasteiger partial charge in [-0.25, -0.2) is 9.67 Å². The lowest BCUT2D eigenvalue weighted by Crippen LogP contribution is -2.31. The fourth-order valence-electron chi connectivity index (χ4n) is 2.99. The van der Waals surface area contributed by atoms with E-state index in [0.29, 0.717) is 23.4 Å². The first-order valence-corrected chi connectivity index (χ1v) is 9.05. The highest BCUT2D eigenvalue weighted by atomic mass is 16.2. The summed E-state index contributed by atoms with van der Waals surface area (Å²) in [6.07, 6.45) is 1.97. The van der Waals surface area contributed by atoms with Gasteiger partial charge in [0.2, 0.25) is 5.91 Å². The van der Waals surface area contributed by atoms with Crippen LogP contribution in [0.3, 0.4) is 0 Å². The third-order valence-electron chi connectivity index (χ3n) is 4.69. The van der Waals surface area contributed by atoms with Crippen LogP contribution < -0.4 is 5.56 Å². The summed E-state index contributed by atoms with van der Waals surface area (Å²) in [5, 5.41) is 13.4. The van der Waals surface area contributed by atoms with Gasteiger partial charge in [-0.2, -0.15) is 10.4 Å². The zero-order valence-electron chi connectivity index (χ0n) is 16.2. The molecule has 0 radical (unpaired) electrons. The number of nitriles is 1. The van der Waals surface area contributed by atoms with E-state index in [-0.39, 0.29) is 30.9 Å². The fourth-order valence-corrected chi connectivity index (χ4v) is 2.99. The van der Waals surface area contributed by atoms with E-state index in [9.17, 15) is 9.59 Å². The van der Waals surface area contributed by atoms with Crippen molar-refractivity contribution in [2.45, 2.75) is 33.2 Å². The largest absolute Gasteiger partial charge is 0.345 e. The van der Waals surface area contributed by atoms with Gasteiger partial charge >= 0.3 is 0 Å². The molecule has 0 unspecified atom stereocenters. The molecule has 8 nitrogen and oxygen atoms in total. The molecule has 3 rings (SSSR count). The first-order valence-electron chi connectivity index (χ1n) is 9.05. The molecule has 0 aliphatic carbocycles. The van der Waals surface area contributed by atoms with E-state index < -0.39 is 0 Å². The molecule has 0 saturated heterocycles. The molecule has 0 aliphatic rings. The van der Waals surface area contributed by atoms with E-state index in [1.54, 1.807) is 18.7 Å². The van der Waals surface area contributed by atoms with Crippen LogP contribution in [0.15, 0.2) is 35.3 Å². The van der Waals surface area contributed by atoms with E-state index in [4.69, 9.17) is 5.26 Å². The minimum Gasteiger partial charge on any atom is -0.345 e. The van der Waals surface area contributed by atoms with E-state index in [0.717, 1.165) is 11.3 Å². The van der Waals surface area contributed by atoms with Crippen molar-refractivity contribution < 1.29 is 4.79 Å². The van der Waals surface area contributed by atoms with Crippen molar-refractivity contribution in [1.82, 2.24) is 24.2 Å². The van der Waals surface area contributed by atoms with E-state index >= 15 is 0 Å². The standard InChI is InChI=1S/C20H22N6O2/c1-14-5-7-16(8-6-14)26-19-17(13-22-26)20(28)25(15(2)23-19)12-9-18(27)24(3)11-4-10-21/h5-8,13H,4,9,11-12H2,1-3H3. The molecule has 3 aromatic rings. The number of aromatic nitrogens is 4. The predicted octanol–water partition coefficient (Wildman–Crippen LogP) is 1.96. The first-order chi connectivity index (χ1) is 13.4. The number of hydrogen-bond donors (Lipinski definition) is 0. The van der Waals surface area contributed by atoms with Crippen molar-refractivity contribution in [3.05, 3.63) is 52.2 Å². The number of carbonyl (C=O) groups is 1. The lowest BCUT2D eigenvalue weighted by atomic mass is 10.2. The van der Waals surface area contributed by atoms with Gasteiger partial charge in [0.25, 0.3) is 5.56 Å². The molecule has 1 aromatic carbocycles. The summed E-state index contributed by atoms with van der Waals surface area (Å²) < 4.78 is 3.15. The van der Waals surface area contributed by atoms with Gasteiger partial charge < -0.3 is 4.90 Å². The highest BCUT2D eigenvalue weighted by Gasteiger charge is 2.16. The normalized spacial score (nSPS) is 10.8. The third-order valence-corrected chi connectivity index (χ3v) is 4.69. The second-order valence-electron chi connectivity index (χ2n) is 6.72. The maximum absolute atomic E-state index is 12.9. The van der Waals surface area contributed by atoms with E-state index in [2.05, 4.69) is 10.1 Å². The van der Waals surface area contributed by atoms with E-state index in [1.807, 2.05) is 37.3 Å². The Morgan fingerprint density at radius 3 is 2.64 bits per heavy atom. The second kappa shape index (κ2) is 8.05. The molecule has 0 aliphatic heterocycles. The topological polar surface area (TPSA) is 96.8 Å². The van der Waals surface area contributed by atoms with Gasteiger partial charge in [-0.05, 0) is 26.0 Å². The second-order valence-corrected chi connectivity index (χ2v) is 6.72. The monoisotopic (exact) mass is 378 g/mol. The van der Waals surface area contributed by atoms with Crippen LogP contribution in [0.2, 0.25) is 0 Å². The number of benzene rings is 1. The summed E-state index contributed by atoms with van der Waals surface area (Å²) in [6.45, 7) is 4.37. The molecule has 2 aromatic heterocycles. The molecule has 2 heterocycles. The quantitative estimate of drug-likeness (QED) is 0.653. The zero-order valence-corrected chi connectivity index (χ0v) is 16.2. The maximum atomic E-state index is 12.9. The molecule has 144 valence electrons. The van der Waals surface area contributed by atoms with Crippen molar-refractivity contribution >= 4 is 16.9 Å². The Morgan fingerprint density at radius 1 is 1.25 bits per heavy atom. The number of amides is 1. The molecule has 0 saturated carbocycles. The number of fused-ring (bicyclic) bond motifs is 1. The summed E-state index contributed by atoms with van der Waals surface area (Å²) >= 11 is 0. The van der Waals surface area contributed by atoms with Crippen LogP contribution in [0, 0.1) is 25.2 Å². The van der Waals surface area contributed by atoms with Gasteiger partial charge in [0.05, 0.1) is 24.4 Å². The minimum absolute atomic E-state index is 0.114. The molecule has 0 atom stereocenters. The summed E-state index contributed by atoms with van der Waals surface area (Å²) in [6, 6.07) is 9.83. The number of rotatable bonds is 6. The minimum atomic E-state index is -0.215. The van der Waals surface area contributed by atoms with Crippen LogP contribution in [-0.4, -0.2) is 43.7 Å². The highest BCUT2D eigenvalue weighted by Crippen LogP contribution is 2.15. The Labute approximate surface area is 162 Å². The Morgan fingerprint density at radius 2 is 1.96 bits per heavy atom. The van der Waals surface area contributed by atoms with Crippen LogP contribution in [0.1, 0.15) is 24.2 Å². The number of carbonyl (C=O) groups excluding carboxylic acids is 1. The van der Waals surface area contributed by atoms with Gasteiger partial charge in [-0.1, -0.05) is 17.7 Å². The average molecular weight is 378 g/mol. The third kappa shape index (κ3) is 3.78. The van der Waals surface area contributed by atoms with Gasteiger partial charge in [-0.3, -0.25) is 14.2 Å². The van der Waals surface area contributed by atoms with Crippen LogP contribution in [0.25, 0.3) is 16.7 Å². The molecule has 0 spiro atoms. The van der Waals surface area contributed by atoms with Gasteiger partial charge in [-0.15, -0.1) is 0 Å². The SMILES string of the molecule is Cc1ccc(-n2ncc3c(=O)n(CCC(=O)N(C)CCC#N)c(C)nc32)cc1. The van der Waals surface area contributed by atoms with Crippen LogP contribution in [0.5, 0.6) is 0 Å². The lowest BCUT2D eigenvalue weighted by molar-refractivity contribution is -0.130. The fraction of sp³-hybridized carbons (Fsp3) is 0.350. The Balaban J connectivity index is 1.88. The van der Waals surface area contributed by atoms with Gasteiger partial charge in [0.15, 0.2) is 5.65 Å². The Bertz CT molecular complexity index is 1100. The zero-order chi connectivity index (χ0) is 20.3. The highest BCUT2D eigenvalue weighted by molar-refractivity contribution is 5.76. The van der Waals surface area contributed by atoms with Crippen LogP contribution in [-0.2, 0) is 11.3 Å². The lowest BCUT2D eigenvalue weighted by Gasteiger charge is -2.16. The number of hydrogen-bond acceptors (Lipinski definition) is 5. The van der Waals surface area contributed by atoms with Crippen molar-refractivity contribution in [3.63, 3.8) is 0 Å². The number of aryl methyl sites for hydroxylation is 2. The summed E-state index contributed by atoms with van der Waals surface area (Å²) in [4.78, 5) is 31.2. The molecule has 28 heavy (non-hydrogen) atoms. The summed E-state index contributed by atoms with van der Waals surface area (Å²) in [7, 11) is 1.66. The molecule has 8 heteroatoms. The van der Waals surface area contributed by atoms with Crippen molar-refractivity contribution in [2.24, 2.45) is 0 Å². The molecule has 0 fully saturated rings. The van der Waals surface area contributed by atoms with Gasteiger partial charge in [0.1, 0.15) is 11.2 Å². The first kappa shape index (κ1) is 19.3. The van der Waals surface area contributed by atoms with Gasteiger partial charge in [0, 0.05) is 26.6 Å². The van der Waals surface area contributed by atoms with Crippen LogP contribution >= 0.6 is 0 Å². The maximum Gasteiger partial charge on any atom is 0.264 e. The molecular formula is C20H22N6O2. The molecule has 0 bridgehead atoms. The Hall–Kier alpha value is -3.47. The molecular weight excluding hydrogens is 356 g/mol. The van der Waals surface area contributed by atoms with Crippen molar-refractivity contribution in [3.8, 4) is 11.8 Å². The number of nitrogens with zero attached hydrogens (tertiary/aromatic N) is 6. The van der Waals surface area contributed by atoms with E-state index in [1.165, 1.54) is 15.7 Å².